The van der Waals surface area contributed by atoms with E-state index in [0.717, 1.165) is 3.57 Å². The lowest BCUT2D eigenvalue weighted by Gasteiger charge is -2.07. The summed E-state index contributed by atoms with van der Waals surface area (Å²) >= 11 is 7.90. The van der Waals surface area contributed by atoms with Crippen molar-refractivity contribution >= 4 is 34.2 Å². The first kappa shape index (κ1) is 12.6. The standard InChI is InChI=1S/C13H9ClFIO/c14-12-3-1-2-9(13(12)15)8-17-11-6-4-10(16)5-7-11/h1-7H,8H2. The minimum absolute atomic E-state index is 0.119. The molecule has 0 bridgehead atoms. The summed E-state index contributed by atoms with van der Waals surface area (Å²) in [5, 5.41) is 0.119. The molecule has 0 N–H and O–H groups in total. The third-order valence-corrected chi connectivity index (χ3v) is 3.25. The van der Waals surface area contributed by atoms with Crippen molar-refractivity contribution in [2.75, 3.05) is 0 Å². The monoisotopic (exact) mass is 362 g/mol. The largest absolute Gasteiger partial charge is 0.489 e. The van der Waals surface area contributed by atoms with E-state index < -0.39 is 5.82 Å². The molecule has 0 unspecified atom stereocenters. The predicted octanol–water partition coefficient (Wildman–Crippen LogP) is 4.66. The molecule has 0 aliphatic heterocycles. The summed E-state index contributed by atoms with van der Waals surface area (Å²) in [5.41, 5.74) is 0.455. The number of ether oxygens (including phenoxy) is 1. The number of halogens is 3. The Hall–Kier alpha value is -0.810. The lowest BCUT2D eigenvalue weighted by Crippen LogP contribution is -1.98. The van der Waals surface area contributed by atoms with Gasteiger partial charge in [0.2, 0.25) is 0 Å². The van der Waals surface area contributed by atoms with Gasteiger partial charge >= 0.3 is 0 Å². The molecule has 4 heteroatoms. The zero-order valence-electron chi connectivity index (χ0n) is 8.79. The van der Waals surface area contributed by atoms with Gasteiger partial charge in [-0.05, 0) is 52.9 Å². The van der Waals surface area contributed by atoms with Crippen LogP contribution in [-0.4, -0.2) is 0 Å². The molecule has 2 rings (SSSR count). The zero-order valence-corrected chi connectivity index (χ0v) is 11.7. The van der Waals surface area contributed by atoms with E-state index in [4.69, 9.17) is 16.3 Å². The van der Waals surface area contributed by atoms with Crippen molar-refractivity contribution in [3.63, 3.8) is 0 Å². The van der Waals surface area contributed by atoms with Gasteiger partial charge in [0.25, 0.3) is 0 Å². The number of rotatable bonds is 3. The fourth-order valence-corrected chi connectivity index (χ4v) is 1.91. The molecule has 0 saturated carbocycles. The summed E-state index contributed by atoms with van der Waals surface area (Å²) < 4.78 is 20.2. The zero-order chi connectivity index (χ0) is 12.3. The summed E-state index contributed by atoms with van der Waals surface area (Å²) in [6.45, 7) is 0.174. The van der Waals surface area contributed by atoms with Crippen molar-refractivity contribution < 1.29 is 9.13 Å². The average Bonchev–Trinajstić information content (AvgIpc) is 2.33. The van der Waals surface area contributed by atoms with Crippen molar-refractivity contribution in [2.45, 2.75) is 6.61 Å². The molecule has 1 nitrogen and oxygen atoms in total. The molecule has 0 spiro atoms. The van der Waals surface area contributed by atoms with E-state index in [1.165, 1.54) is 6.07 Å². The molecule has 2 aromatic carbocycles. The summed E-state index contributed by atoms with van der Waals surface area (Å²) in [6, 6.07) is 12.5. The molecule has 17 heavy (non-hydrogen) atoms. The van der Waals surface area contributed by atoms with Crippen LogP contribution in [-0.2, 0) is 6.61 Å². The van der Waals surface area contributed by atoms with Crippen molar-refractivity contribution in [1.82, 2.24) is 0 Å². The quantitative estimate of drug-likeness (QED) is 0.722. The second kappa shape index (κ2) is 5.69. The van der Waals surface area contributed by atoms with Crippen molar-refractivity contribution in [1.29, 1.82) is 0 Å². The maximum atomic E-state index is 13.6. The lowest BCUT2D eigenvalue weighted by atomic mass is 10.2. The van der Waals surface area contributed by atoms with Crippen LogP contribution in [0.2, 0.25) is 5.02 Å². The normalized spacial score (nSPS) is 10.3. The molecule has 0 radical (unpaired) electrons. The average molecular weight is 363 g/mol. The smallest absolute Gasteiger partial charge is 0.148 e. The molecule has 0 heterocycles. The van der Waals surface area contributed by atoms with Crippen LogP contribution in [0, 0.1) is 9.39 Å². The van der Waals surface area contributed by atoms with Gasteiger partial charge in [-0.3, -0.25) is 0 Å². The highest BCUT2D eigenvalue weighted by molar-refractivity contribution is 14.1. The van der Waals surface area contributed by atoms with Gasteiger partial charge in [0.05, 0.1) is 5.02 Å². The fraction of sp³-hybridized carbons (Fsp3) is 0.0769. The molecular weight excluding hydrogens is 353 g/mol. The number of benzene rings is 2. The first-order valence-corrected chi connectivity index (χ1v) is 6.44. The molecule has 0 aliphatic carbocycles. The Morgan fingerprint density at radius 1 is 1.12 bits per heavy atom. The Bertz CT molecular complexity index is 513. The Balaban J connectivity index is 2.07. The van der Waals surface area contributed by atoms with Crippen LogP contribution in [0.1, 0.15) is 5.56 Å². The summed E-state index contributed by atoms with van der Waals surface area (Å²) in [6.07, 6.45) is 0. The molecule has 0 amide bonds. The highest BCUT2D eigenvalue weighted by atomic mass is 127. The second-order valence-corrected chi connectivity index (χ2v) is 5.11. The van der Waals surface area contributed by atoms with Crippen molar-refractivity contribution in [3.8, 4) is 5.75 Å². The van der Waals surface area contributed by atoms with E-state index in [-0.39, 0.29) is 11.6 Å². The van der Waals surface area contributed by atoms with Gasteiger partial charge in [-0.1, -0.05) is 23.7 Å². The van der Waals surface area contributed by atoms with Crippen LogP contribution < -0.4 is 4.74 Å². The van der Waals surface area contributed by atoms with Crippen LogP contribution >= 0.6 is 34.2 Å². The van der Waals surface area contributed by atoms with Crippen LogP contribution in [0.15, 0.2) is 42.5 Å². The van der Waals surface area contributed by atoms with E-state index >= 15 is 0 Å². The van der Waals surface area contributed by atoms with Crippen LogP contribution in [0.5, 0.6) is 5.75 Å². The third kappa shape index (κ3) is 3.33. The molecule has 2 aromatic rings. The van der Waals surface area contributed by atoms with Gasteiger partial charge in [0.1, 0.15) is 18.2 Å². The Morgan fingerprint density at radius 3 is 2.53 bits per heavy atom. The minimum Gasteiger partial charge on any atom is -0.489 e. The maximum Gasteiger partial charge on any atom is 0.148 e. The molecule has 0 saturated heterocycles. The third-order valence-electron chi connectivity index (χ3n) is 2.24. The first-order chi connectivity index (χ1) is 8.16. The Morgan fingerprint density at radius 2 is 1.82 bits per heavy atom. The molecule has 0 aliphatic rings. The highest BCUT2D eigenvalue weighted by Crippen LogP contribution is 2.20. The van der Waals surface area contributed by atoms with Crippen LogP contribution in [0.3, 0.4) is 0 Å². The van der Waals surface area contributed by atoms with Gasteiger partial charge in [-0.25, -0.2) is 4.39 Å². The summed E-state index contributed by atoms with van der Waals surface area (Å²) in [4.78, 5) is 0. The molecule has 0 atom stereocenters. The van der Waals surface area contributed by atoms with Gasteiger partial charge in [-0.15, -0.1) is 0 Å². The van der Waals surface area contributed by atoms with Crippen LogP contribution in [0.4, 0.5) is 4.39 Å². The summed E-state index contributed by atoms with van der Waals surface area (Å²) in [7, 11) is 0. The molecule has 88 valence electrons. The van der Waals surface area contributed by atoms with Gasteiger partial charge in [-0.2, -0.15) is 0 Å². The van der Waals surface area contributed by atoms with Gasteiger partial charge in [0, 0.05) is 9.13 Å². The van der Waals surface area contributed by atoms with Crippen molar-refractivity contribution in [2.24, 2.45) is 0 Å². The topological polar surface area (TPSA) is 9.23 Å². The SMILES string of the molecule is Fc1c(Cl)cccc1COc1ccc(I)cc1. The lowest BCUT2D eigenvalue weighted by molar-refractivity contribution is 0.300. The molecule has 0 fully saturated rings. The first-order valence-electron chi connectivity index (χ1n) is 4.98. The van der Waals surface area contributed by atoms with Crippen LogP contribution in [0.25, 0.3) is 0 Å². The maximum absolute atomic E-state index is 13.6. The Labute approximate surface area is 118 Å². The number of hydrogen-bond acceptors (Lipinski definition) is 1. The highest BCUT2D eigenvalue weighted by Gasteiger charge is 2.06. The van der Waals surface area contributed by atoms with E-state index in [0.29, 0.717) is 11.3 Å². The Kier molecular flexibility index (Phi) is 4.23. The predicted molar refractivity (Wildman–Crippen MR) is 74.9 cm³/mol. The van der Waals surface area contributed by atoms with E-state index in [1.807, 2.05) is 24.3 Å². The minimum atomic E-state index is -0.417. The molecule has 0 aromatic heterocycles. The van der Waals surface area contributed by atoms with Gasteiger partial charge < -0.3 is 4.74 Å². The van der Waals surface area contributed by atoms with Gasteiger partial charge in [0.15, 0.2) is 0 Å². The molecular formula is C13H9ClFIO. The van der Waals surface area contributed by atoms with E-state index in [9.17, 15) is 4.39 Å². The number of hydrogen-bond donors (Lipinski definition) is 0. The van der Waals surface area contributed by atoms with E-state index in [1.54, 1.807) is 12.1 Å². The summed E-state index contributed by atoms with van der Waals surface area (Å²) in [5.74, 6) is 0.296. The van der Waals surface area contributed by atoms with Crippen molar-refractivity contribution in [3.05, 3.63) is 62.4 Å². The fourth-order valence-electron chi connectivity index (χ4n) is 1.35. The second-order valence-electron chi connectivity index (χ2n) is 3.46. The van der Waals surface area contributed by atoms with E-state index in [2.05, 4.69) is 22.6 Å².